The van der Waals surface area contributed by atoms with E-state index in [1.165, 1.54) is 0 Å². The summed E-state index contributed by atoms with van der Waals surface area (Å²) in [5.74, 6) is 0.607. The lowest BCUT2D eigenvalue weighted by Gasteiger charge is -2.12. The number of nitrogens with zero attached hydrogens (tertiary/aromatic N) is 2. The fourth-order valence-corrected chi connectivity index (χ4v) is 1.88. The highest BCUT2D eigenvalue weighted by molar-refractivity contribution is 5.76. The first-order valence-corrected chi connectivity index (χ1v) is 6.51. The third-order valence-electron chi connectivity index (χ3n) is 2.93. The van der Waals surface area contributed by atoms with Gasteiger partial charge in [-0.15, -0.1) is 0 Å². The molecular weight excluding hydrogens is 252 g/mol. The molecule has 0 saturated heterocycles. The summed E-state index contributed by atoms with van der Waals surface area (Å²) < 4.78 is 0. The number of aryl methyl sites for hydroxylation is 1. The minimum atomic E-state index is -0.289. The smallest absolute Gasteiger partial charge is 0.222 e. The highest BCUT2D eigenvalue weighted by atomic mass is 16.1. The molecular formula is C15H18N4O. The van der Waals surface area contributed by atoms with Crippen LogP contribution in [0.5, 0.6) is 0 Å². The molecule has 1 amide bonds. The summed E-state index contributed by atoms with van der Waals surface area (Å²) in [6.45, 7) is 2.21. The van der Waals surface area contributed by atoms with E-state index in [1.54, 1.807) is 12.3 Å². The summed E-state index contributed by atoms with van der Waals surface area (Å²) in [5.41, 5.74) is 7.75. The van der Waals surface area contributed by atoms with Crippen molar-refractivity contribution >= 4 is 5.91 Å². The van der Waals surface area contributed by atoms with Crippen molar-refractivity contribution in [2.75, 3.05) is 0 Å². The van der Waals surface area contributed by atoms with E-state index in [1.807, 2.05) is 37.3 Å². The van der Waals surface area contributed by atoms with Crippen LogP contribution in [0.2, 0.25) is 0 Å². The van der Waals surface area contributed by atoms with Gasteiger partial charge in [0.2, 0.25) is 5.91 Å². The van der Waals surface area contributed by atoms with Crippen LogP contribution in [-0.4, -0.2) is 15.9 Å². The maximum Gasteiger partial charge on any atom is 0.222 e. The van der Waals surface area contributed by atoms with Crippen molar-refractivity contribution in [2.24, 2.45) is 5.73 Å². The molecule has 1 atom stereocenters. The lowest BCUT2D eigenvalue weighted by Crippen LogP contribution is -2.27. The Kier molecular flexibility index (Phi) is 4.79. The van der Waals surface area contributed by atoms with Gasteiger partial charge in [0.25, 0.3) is 0 Å². The van der Waals surface area contributed by atoms with E-state index in [0.717, 1.165) is 11.3 Å². The van der Waals surface area contributed by atoms with Crippen molar-refractivity contribution in [3.63, 3.8) is 0 Å². The van der Waals surface area contributed by atoms with E-state index in [9.17, 15) is 4.79 Å². The molecule has 0 aliphatic rings. The van der Waals surface area contributed by atoms with Gasteiger partial charge >= 0.3 is 0 Å². The second kappa shape index (κ2) is 6.77. The molecule has 5 heteroatoms. The summed E-state index contributed by atoms with van der Waals surface area (Å²) >= 11 is 0. The normalized spacial score (nSPS) is 11.9. The van der Waals surface area contributed by atoms with Crippen molar-refractivity contribution in [1.29, 1.82) is 0 Å². The Morgan fingerprint density at radius 3 is 2.75 bits per heavy atom. The maximum absolute atomic E-state index is 11.9. The van der Waals surface area contributed by atoms with E-state index in [0.29, 0.717) is 12.4 Å². The largest absolute Gasteiger partial charge is 0.350 e. The predicted octanol–water partition coefficient (Wildman–Crippen LogP) is 1.49. The van der Waals surface area contributed by atoms with Gasteiger partial charge in [0.1, 0.15) is 5.82 Å². The topological polar surface area (TPSA) is 80.9 Å². The van der Waals surface area contributed by atoms with E-state index in [2.05, 4.69) is 15.3 Å². The Bertz CT molecular complexity index is 571. The first-order valence-electron chi connectivity index (χ1n) is 6.51. The molecule has 5 nitrogen and oxygen atoms in total. The molecule has 20 heavy (non-hydrogen) atoms. The van der Waals surface area contributed by atoms with E-state index in [-0.39, 0.29) is 18.4 Å². The molecule has 0 radical (unpaired) electrons. The Hall–Kier alpha value is -2.27. The number of rotatable bonds is 5. The predicted molar refractivity (Wildman–Crippen MR) is 76.6 cm³/mol. The fourth-order valence-electron chi connectivity index (χ4n) is 1.88. The zero-order valence-electron chi connectivity index (χ0n) is 11.4. The van der Waals surface area contributed by atoms with Crippen LogP contribution in [-0.2, 0) is 11.3 Å². The quantitative estimate of drug-likeness (QED) is 0.862. The van der Waals surface area contributed by atoms with Gasteiger partial charge in [-0.25, -0.2) is 9.97 Å². The van der Waals surface area contributed by atoms with E-state index < -0.39 is 0 Å². The molecule has 0 spiro atoms. The zero-order chi connectivity index (χ0) is 14.4. The number of benzene rings is 1. The standard InChI is InChI=1S/C15H18N4O/c1-11-17-8-7-13(19-11)10-18-15(20)9-14(16)12-5-3-2-4-6-12/h2-8,14H,9-10,16H2,1H3,(H,18,20). The monoisotopic (exact) mass is 270 g/mol. The average molecular weight is 270 g/mol. The van der Waals surface area contributed by atoms with Crippen LogP contribution in [0.25, 0.3) is 0 Å². The summed E-state index contributed by atoms with van der Waals surface area (Å²) in [6.07, 6.45) is 1.94. The molecule has 0 fully saturated rings. The number of hydrogen-bond acceptors (Lipinski definition) is 4. The van der Waals surface area contributed by atoms with Gasteiger partial charge in [0.05, 0.1) is 12.2 Å². The van der Waals surface area contributed by atoms with Crippen molar-refractivity contribution < 1.29 is 4.79 Å². The molecule has 1 unspecified atom stereocenters. The van der Waals surface area contributed by atoms with Crippen LogP contribution in [0.4, 0.5) is 0 Å². The summed E-state index contributed by atoms with van der Waals surface area (Å²) in [4.78, 5) is 20.1. The molecule has 0 aliphatic carbocycles. The van der Waals surface area contributed by atoms with Crippen molar-refractivity contribution in [1.82, 2.24) is 15.3 Å². The van der Waals surface area contributed by atoms with Crippen molar-refractivity contribution in [3.05, 3.63) is 59.7 Å². The number of hydrogen-bond donors (Lipinski definition) is 2. The van der Waals surface area contributed by atoms with Crippen LogP contribution in [0.3, 0.4) is 0 Å². The van der Waals surface area contributed by atoms with E-state index >= 15 is 0 Å². The van der Waals surface area contributed by atoms with Gasteiger partial charge in [0, 0.05) is 18.7 Å². The number of carbonyl (C=O) groups excluding carboxylic acids is 1. The first kappa shape index (κ1) is 14.1. The number of carbonyl (C=O) groups is 1. The minimum Gasteiger partial charge on any atom is -0.350 e. The molecule has 2 rings (SSSR count). The molecule has 1 aromatic heterocycles. The molecule has 1 heterocycles. The Morgan fingerprint density at radius 1 is 1.30 bits per heavy atom. The van der Waals surface area contributed by atoms with Crippen LogP contribution in [0, 0.1) is 6.92 Å². The molecule has 1 aromatic carbocycles. The Labute approximate surface area is 118 Å². The maximum atomic E-state index is 11.9. The average Bonchev–Trinajstić information content (AvgIpc) is 2.46. The van der Waals surface area contributed by atoms with E-state index in [4.69, 9.17) is 5.73 Å². The summed E-state index contributed by atoms with van der Waals surface area (Å²) in [7, 11) is 0. The number of nitrogens with one attached hydrogen (secondary N) is 1. The molecule has 0 saturated carbocycles. The van der Waals surface area contributed by atoms with Crippen molar-refractivity contribution in [3.8, 4) is 0 Å². The van der Waals surface area contributed by atoms with Gasteiger partial charge in [-0.3, -0.25) is 4.79 Å². The second-order valence-electron chi connectivity index (χ2n) is 4.59. The summed E-state index contributed by atoms with van der Waals surface area (Å²) in [6, 6.07) is 11.1. The van der Waals surface area contributed by atoms with Gasteiger partial charge < -0.3 is 11.1 Å². The van der Waals surface area contributed by atoms with Gasteiger partial charge in [-0.05, 0) is 18.6 Å². The van der Waals surface area contributed by atoms with Crippen LogP contribution < -0.4 is 11.1 Å². The highest BCUT2D eigenvalue weighted by Gasteiger charge is 2.11. The van der Waals surface area contributed by atoms with Crippen LogP contribution >= 0.6 is 0 Å². The number of aromatic nitrogens is 2. The number of nitrogens with two attached hydrogens (primary N) is 1. The zero-order valence-corrected chi connectivity index (χ0v) is 11.4. The second-order valence-corrected chi connectivity index (χ2v) is 4.59. The Morgan fingerprint density at radius 2 is 2.05 bits per heavy atom. The van der Waals surface area contributed by atoms with Crippen LogP contribution in [0.15, 0.2) is 42.6 Å². The van der Waals surface area contributed by atoms with Crippen LogP contribution in [0.1, 0.15) is 29.5 Å². The molecule has 3 N–H and O–H groups in total. The Balaban J connectivity index is 1.84. The lowest BCUT2D eigenvalue weighted by atomic mass is 10.0. The molecule has 0 aliphatic heterocycles. The third kappa shape index (κ3) is 4.13. The fraction of sp³-hybridized carbons (Fsp3) is 0.267. The van der Waals surface area contributed by atoms with Gasteiger partial charge in [-0.1, -0.05) is 30.3 Å². The lowest BCUT2D eigenvalue weighted by molar-refractivity contribution is -0.121. The van der Waals surface area contributed by atoms with Gasteiger partial charge in [0.15, 0.2) is 0 Å². The SMILES string of the molecule is Cc1nccc(CNC(=O)CC(N)c2ccccc2)n1. The van der Waals surface area contributed by atoms with Gasteiger partial charge in [-0.2, -0.15) is 0 Å². The first-order chi connectivity index (χ1) is 9.65. The molecule has 0 bridgehead atoms. The minimum absolute atomic E-state index is 0.0855. The number of amides is 1. The molecule has 2 aromatic rings. The highest BCUT2D eigenvalue weighted by Crippen LogP contribution is 2.12. The van der Waals surface area contributed by atoms with Crippen molar-refractivity contribution in [2.45, 2.75) is 25.9 Å². The summed E-state index contributed by atoms with van der Waals surface area (Å²) in [5, 5.41) is 2.82. The molecule has 104 valence electrons. The third-order valence-corrected chi connectivity index (χ3v) is 2.93.